The summed E-state index contributed by atoms with van der Waals surface area (Å²) in [4.78, 5) is 32.5. The third kappa shape index (κ3) is 4.30. The number of rotatable bonds is 7. The topological polar surface area (TPSA) is 84.1 Å². The average molecular weight is 407 g/mol. The number of carbonyl (C=O) groups excluding carboxylic acids is 2. The molecule has 2 aromatic heterocycles. The summed E-state index contributed by atoms with van der Waals surface area (Å²) >= 11 is 1.59. The van der Waals surface area contributed by atoms with E-state index in [0.29, 0.717) is 12.8 Å². The minimum absolute atomic E-state index is 0.195. The molecule has 0 spiro atoms. The van der Waals surface area contributed by atoms with E-state index in [2.05, 4.69) is 15.3 Å². The Kier molecular flexibility index (Phi) is 5.57. The fraction of sp³-hybridized carbons (Fsp3) is 0.227. The van der Waals surface area contributed by atoms with Gasteiger partial charge in [-0.05, 0) is 23.8 Å². The summed E-state index contributed by atoms with van der Waals surface area (Å²) in [6.45, 7) is 0. The molecular formula is C22H21N3O3S. The van der Waals surface area contributed by atoms with Gasteiger partial charge in [0.2, 0.25) is 5.91 Å². The van der Waals surface area contributed by atoms with Crippen molar-refractivity contribution in [3.8, 4) is 0 Å². The zero-order valence-corrected chi connectivity index (χ0v) is 16.8. The SMILES string of the molecule is COC(=O)[C@H](Cc1c[nH]c2ccccc12)NC(=O)CCc1nc2ccccc2s1. The molecular weight excluding hydrogens is 386 g/mol. The van der Waals surface area contributed by atoms with Gasteiger partial charge in [0.15, 0.2) is 0 Å². The van der Waals surface area contributed by atoms with Crippen molar-refractivity contribution in [3.05, 3.63) is 65.3 Å². The van der Waals surface area contributed by atoms with Gasteiger partial charge in [0, 0.05) is 36.4 Å². The van der Waals surface area contributed by atoms with Gasteiger partial charge in [-0.15, -0.1) is 11.3 Å². The van der Waals surface area contributed by atoms with E-state index >= 15 is 0 Å². The summed E-state index contributed by atoms with van der Waals surface area (Å²) in [7, 11) is 1.33. The highest BCUT2D eigenvalue weighted by molar-refractivity contribution is 7.18. The third-order valence-corrected chi connectivity index (χ3v) is 5.92. The molecule has 0 saturated heterocycles. The lowest BCUT2D eigenvalue weighted by molar-refractivity contribution is -0.145. The van der Waals surface area contributed by atoms with Crippen LogP contribution in [0.25, 0.3) is 21.1 Å². The molecule has 0 unspecified atom stereocenters. The maximum absolute atomic E-state index is 12.5. The number of aryl methyl sites for hydroxylation is 1. The van der Waals surface area contributed by atoms with Gasteiger partial charge in [0.1, 0.15) is 6.04 Å². The molecule has 2 heterocycles. The number of hydrogen-bond donors (Lipinski definition) is 2. The highest BCUT2D eigenvalue weighted by Crippen LogP contribution is 2.23. The molecule has 4 rings (SSSR count). The molecule has 0 fully saturated rings. The van der Waals surface area contributed by atoms with Gasteiger partial charge in [0.05, 0.1) is 22.3 Å². The Labute approximate surface area is 171 Å². The van der Waals surface area contributed by atoms with Gasteiger partial charge in [-0.1, -0.05) is 30.3 Å². The minimum Gasteiger partial charge on any atom is -0.467 e. The van der Waals surface area contributed by atoms with E-state index in [1.807, 2.05) is 54.7 Å². The maximum atomic E-state index is 12.5. The van der Waals surface area contributed by atoms with Crippen molar-refractivity contribution in [3.63, 3.8) is 0 Å². The number of fused-ring (bicyclic) bond motifs is 2. The van der Waals surface area contributed by atoms with Crippen molar-refractivity contribution >= 4 is 44.3 Å². The molecule has 7 heteroatoms. The number of ether oxygens (including phenoxy) is 1. The number of carbonyl (C=O) groups is 2. The number of aromatic nitrogens is 2. The first-order valence-electron chi connectivity index (χ1n) is 9.40. The van der Waals surface area contributed by atoms with Gasteiger partial charge in [-0.2, -0.15) is 0 Å². The van der Waals surface area contributed by atoms with E-state index in [9.17, 15) is 9.59 Å². The van der Waals surface area contributed by atoms with Crippen LogP contribution in [0.4, 0.5) is 0 Å². The highest BCUT2D eigenvalue weighted by atomic mass is 32.1. The number of aromatic amines is 1. The summed E-state index contributed by atoms with van der Waals surface area (Å²) < 4.78 is 6.01. The van der Waals surface area contributed by atoms with Gasteiger partial charge in [0.25, 0.3) is 0 Å². The number of esters is 1. The van der Waals surface area contributed by atoms with Crippen LogP contribution in [0, 0.1) is 0 Å². The molecule has 0 aliphatic carbocycles. The Morgan fingerprint density at radius 3 is 2.79 bits per heavy atom. The fourth-order valence-electron chi connectivity index (χ4n) is 3.37. The Bertz CT molecular complexity index is 1130. The predicted octanol–water partition coefficient (Wildman–Crippen LogP) is 3.61. The zero-order chi connectivity index (χ0) is 20.2. The van der Waals surface area contributed by atoms with Crippen molar-refractivity contribution in [2.75, 3.05) is 7.11 Å². The molecule has 1 amide bonds. The third-order valence-electron chi connectivity index (χ3n) is 4.82. The van der Waals surface area contributed by atoms with E-state index < -0.39 is 12.0 Å². The van der Waals surface area contributed by atoms with E-state index in [4.69, 9.17) is 4.74 Å². The lowest BCUT2D eigenvalue weighted by Crippen LogP contribution is -2.43. The van der Waals surface area contributed by atoms with E-state index in [1.165, 1.54) is 7.11 Å². The number of nitrogens with one attached hydrogen (secondary N) is 2. The monoisotopic (exact) mass is 407 g/mol. The number of amides is 1. The van der Waals surface area contributed by atoms with Crippen molar-refractivity contribution in [1.82, 2.24) is 15.3 Å². The molecule has 148 valence electrons. The molecule has 2 N–H and O–H groups in total. The van der Waals surface area contributed by atoms with Gasteiger partial charge < -0.3 is 15.0 Å². The van der Waals surface area contributed by atoms with Crippen LogP contribution in [-0.4, -0.2) is 35.0 Å². The summed E-state index contributed by atoms with van der Waals surface area (Å²) in [6.07, 6.45) is 3.03. The van der Waals surface area contributed by atoms with Crippen molar-refractivity contribution < 1.29 is 14.3 Å². The molecule has 0 aliphatic heterocycles. The first-order chi connectivity index (χ1) is 14.1. The lowest BCUT2D eigenvalue weighted by Gasteiger charge is -2.16. The van der Waals surface area contributed by atoms with E-state index in [1.54, 1.807) is 11.3 Å². The van der Waals surface area contributed by atoms with Crippen LogP contribution in [0.15, 0.2) is 54.7 Å². The second-order valence-corrected chi connectivity index (χ2v) is 7.90. The maximum Gasteiger partial charge on any atom is 0.328 e. The van der Waals surface area contributed by atoms with Crippen LogP contribution in [0.2, 0.25) is 0 Å². The second kappa shape index (κ2) is 8.45. The van der Waals surface area contributed by atoms with Crippen molar-refractivity contribution in [1.29, 1.82) is 0 Å². The minimum atomic E-state index is -0.734. The van der Waals surface area contributed by atoms with Gasteiger partial charge in [-0.3, -0.25) is 4.79 Å². The second-order valence-electron chi connectivity index (χ2n) is 6.78. The number of nitrogens with zero attached hydrogens (tertiary/aromatic N) is 1. The van der Waals surface area contributed by atoms with E-state index in [0.717, 1.165) is 31.7 Å². The van der Waals surface area contributed by atoms with Crippen LogP contribution >= 0.6 is 11.3 Å². The zero-order valence-electron chi connectivity index (χ0n) is 16.0. The lowest BCUT2D eigenvalue weighted by atomic mass is 10.0. The van der Waals surface area contributed by atoms with Crippen LogP contribution < -0.4 is 5.32 Å². The molecule has 6 nitrogen and oxygen atoms in total. The summed E-state index contributed by atoms with van der Waals surface area (Å²) in [6, 6.07) is 15.0. The average Bonchev–Trinajstić information content (AvgIpc) is 3.35. The van der Waals surface area contributed by atoms with Gasteiger partial charge in [-0.25, -0.2) is 9.78 Å². The predicted molar refractivity (Wildman–Crippen MR) is 114 cm³/mol. The Morgan fingerprint density at radius 1 is 1.17 bits per heavy atom. The Hall–Kier alpha value is -3.19. The summed E-state index contributed by atoms with van der Waals surface area (Å²) in [5.41, 5.74) is 2.90. The standard InChI is InChI=1S/C22H21N3O3S/c1-28-22(27)18(12-14-13-23-16-7-3-2-6-15(14)16)24-20(26)10-11-21-25-17-8-4-5-9-19(17)29-21/h2-9,13,18,23H,10-12H2,1H3,(H,24,26)/t18-/m0/s1. The number of H-pyrrole nitrogens is 1. The number of para-hydroxylation sites is 2. The summed E-state index contributed by atoms with van der Waals surface area (Å²) in [5, 5.41) is 4.77. The molecule has 2 aromatic carbocycles. The van der Waals surface area contributed by atoms with Crippen molar-refractivity contribution in [2.45, 2.75) is 25.3 Å². The van der Waals surface area contributed by atoms with E-state index in [-0.39, 0.29) is 12.3 Å². The first-order valence-corrected chi connectivity index (χ1v) is 10.2. The first kappa shape index (κ1) is 19.1. The van der Waals surface area contributed by atoms with Crippen LogP contribution in [0.3, 0.4) is 0 Å². The highest BCUT2D eigenvalue weighted by Gasteiger charge is 2.23. The largest absolute Gasteiger partial charge is 0.467 e. The smallest absolute Gasteiger partial charge is 0.328 e. The molecule has 0 aliphatic rings. The quantitative estimate of drug-likeness (QED) is 0.459. The summed E-state index contributed by atoms with van der Waals surface area (Å²) in [5.74, 6) is -0.650. The Balaban J connectivity index is 1.42. The number of hydrogen-bond acceptors (Lipinski definition) is 5. The number of benzene rings is 2. The van der Waals surface area contributed by atoms with Crippen LogP contribution in [0.1, 0.15) is 17.0 Å². The number of thiazole rings is 1. The fourth-order valence-corrected chi connectivity index (χ4v) is 4.34. The van der Waals surface area contributed by atoms with Crippen LogP contribution in [0.5, 0.6) is 0 Å². The molecule has 4 aromatic rings. The molecule has 0 saturated carbocycles. The Morgan fingerprint density at radius 2 is 1.97 bits per heavy atom. The molecule has 29 heavy (non-hydrogen) atoms. The van der Waals surface area contributed by atoms with Crippen LogP contribution in [-0.2, 0) is 27.2 Å². The van der Waals surface area contributed by atoms with Crippen molar-refractivity contribution in [2.24, 2.45) is 0 Å². The van der Waals surface area contributed by atoms with Gasteiger partial charge >= 0.3 is 5.97 Å². The normalized spacial score (nSPS) is 12.2. The number of methoxy groups -OCH3 is 1. The molecule has 0 radical (unpaired) electrons. The molecule has 1 atom stereocenters. The molecule has 0 bridgehead atoms.